The lowest BCUT2D eigenvalue weighted by Crippen LogP contribution is -2.36. The zero-order valence-electron chi connectivity index (χ0n) is 17.7. The summed E-state index contributed by atoms with van der Waals surface area (Å²) in [5.74, 6) is 0.640. The van der Waals surface area contributed by atoms with Crippen LogP contribution < -0.4 is 4.90 Å². The van der Waals surface area contributed by atoms with Crippen molar-refractivity contribution >= 4 is 16.7 Å². The molecule has 0 aliphatic carbocycles. The number of aryl methyl sites for hydroxylation is 1. The Balaban J connectivity index is 1.71. The molecule has 3 aromatic carbocycles. The highest BCUT2D eigenvalue weighted by Gasteiger charge is 2.38. The molecule has 1 saturated heterocycles. The summed E-state index contributed by atoms with van der Waals surface area (Å²) < 4.78 is 7.65. The molecule has 4 aromatic rings. The van der Waals surface area contributed by atoms with Gasteiger partial charge in [-0.3, -0.25) is 0 Å². The Kier molecular flexibility index (Phi) is 5.22. The van der Waals surface area contributed by atoms with E-state index in [1.807, 2.05) is 60.7 Å². The summed E-state index contributed by atoms with van der Waals surface area (Å²) >= 11 is 0. The van der Waals surface area contributed by atoms with Crippen molar-refractivity contribution in [2.24, 2.45) is 0 Å². The van der Waals surface area contributed by atoms with E-state index >= 15 is 0 Å². The van der Waals surface area contributed by atoms with E-state index in [2.05, 4.69) is 34.6 Å². The summed E-state index contributed by atoms with van der Waals surface area (Å²) in [5.41, 5.74) is 3.35. The molecule has 5 rings (SSSR count). The fourth-order valence-electron chi connectivity index (χ4n) is 4.51. The van der Waals surface area contributed by atoms with Crippen LogP contribution in [0.2, 0.25) is 0 Å². The number of aliphatic hydroxyl groups is 1. The van der Waals surface area contributed by atoms with Gasteiger partial charge < -0.3 is 19.3 Å². The van der Waals surface area contributed by atoms with E-state index in [0.717, 1.165) is 48.5 Å². The number of nitrogens with zero attached hydrogens (tertiary/aromatic N) is 3. The van der Waals surface area contributed by atoms with Gasteiger partial charge in [-0.1, -0.05) is 60.7 Å². The average molecular weight is 414 g/mol. The van der Waals surface area contributed by atoms with Crippen LogP contribution in [0, 0.1) is 0 Å². The number of benzene rings is 3. The highest BCUT2D eigenvalue weighted by molar-refractivity contribution is 5.81. The van der Waals surface area contributed by atoms with E-state index in [4.69, 9.17) is 9.72 Å². The number of hydrogen-bond donors (Lipinski definition) is 1. The predicted molar refractivity (Wildman–Crippen MR) is 123 cm³/mol. The fraction of sp³-hybridized carbons (Fsp3) is 0.269. The van der Waals surface area contributed by atoms with Crippen LogP contribution in [-0.2, 0) is 16.9 Å². The van der Waals surface area contributed by atoms with Crippen LogP contribution in [0.5, 0.6) is 0 Å². The van der Waals surface area contributed by atoms with Gasteiger partial charge in [-0.15, -0.1) is 0 Å². The average Bonchev–Trinajstić information content (AvgIpc) is 3.23. The maximum atomic E-state index is 12.2. The summed E-state index contributed by atoms with van der Waals surface area (Å²) in [5, 5.41) is 12.2. The predicted octanol–water partition coefficient (Wildman–Crippen LogP) is 4.18. The van der Waals surface area contributed by atoms with E-state index in [-0.39, 0.29) is 0 Å². The second kappa shape index (κ2) is 8.17. The minimum atomic E-state index is -1.35. The summed E-state index contributed by atoms with van der Waals surface area (Å²) in [6.45, 7) is 6.08. The van der Waals surface area contributed by atoms with E-state index in [1.165, 1.54) is 5.69 Å². The Morgan fingerprint density at radius 1 is 0.903 bits per heavy atom. The van der Waals surface area contributed by atoms with Gasteiger partial charge in [-0.25, -0.2) is 4.98 Å². The molecule has 158 valence electrons. The molecule has 1 N–H and O–H groups in total. The molecule has 1 aliphatic heterocycles. The highest BCUT2D eigenvalue weighted by atomic mass is 16.5. The number of imidazole rings is 1. The normalized spacial score (nSPS) is 14.8. The first-order chi connectivity index (χ1) is 15.2. The van der Waals surface area contributed by atoms with Gasteiger partial charge in [-0.05, 0) is 36.2 Å². The molecule has 0 amide bonds. The molecular formula is C26H27N3O2. The van der Waals surface area contributed by atoms with Crippen LogP contribution in [0.1, 0.15) is 23.9 Å². The minimum Gasteiger partial charge on any atom is -0.378 e. The van der Waals surface area contributed by atoms with Crippen LogP contribution in [0.4, 0.5) is 5.69 Å². The van der Waals surface area contributed by atoms with E-state index in [0.29, 0.717) is 12.4 Å². The molecule has 1 aromatic heterocycles. The maximum Gasteiger partial charge on any atom is 0.173 e. The Bertz CT molecular complexity index is 1130. The van der Waals surface area contributed by atoms with Gasteiger partial charge in [0.05, 0.1) is 24.2 Å². The maximum absolute atomic E-state index is 12.2. The van der Waals surface area contributed by atoms with Crippen LogP contribution >= 0.6 is 0 Å². The Hall–Kier alpha value is -3.15. The zero-order chi connectivity index (χ0) is 21.3. The molecule has 1 fully saturated rings. The Labute approximate surface area is 182 Å². The monoisotopic (exact) mass is 413 g/mol. The third-order valence-corrected chi connectivity index (χ3v) is 6.13. The fourth-order valence-corrected chi connectivity index (χ4v) is 4.51. The van der Waals surface area contributed by atoms with Gasteiger partial charge >= 0.3 is 0 Å². The number of ether oxygens (including phenoxy) is 1. The van der Waals surface area contributed by atoms with Gasteiger partial charge in [0.1, 0.15) is 0 Å². The third-order valence-electron chi connectivity index (χ3n) is 6.13. The highest BCUT2D eigenvalue weighted by Crippen LogP contribution is 2.38. The molecule has 31 heavy (non-hydrogen) atoms. The van der Waals surface area contributed by atoms with Crippen molar-refractivity contribution in [3.8, 4) is 0 Å². The molecule has 0 spiro atoms. The van der Waals surface area contributed by atoms with Crippen molar-refractivity contribution in [2.75, 3.05) is 31.2 Å². The number of anilines is 1. The number of rotatable bonds is 5. The Morgan fingerprint density at radius 3 is 2.10 bits per heavy atom. The molecule has 0 unspecified atom stereocenters. The van der Waals surface area contributed by atoms with Crippen LogP contribution in [0.25, 0.3) is 11.0 Å². The van der Waals surface area contributed by atoms with Gasteiger partial charge in [0.2, 0.25) is 0 Å². The quantitative estimate of drug-likeness (QED) is 0.533. The molecule has 1 aliphatic rings. The van der Waals surface area contributed by atoms with Gasteiger partial charge in [0, 0.05) is 25.3 Å². The van der Waals surface area contributed by atoms with Gasteiger partial charge in [-0.2, -0.15) is 0 Å². The summed E-state index contributed by atoms with van der Waals surface area (Å²) in [4.78, 5) is 7.31. The van der Waals surface area contributed by atoms with E-state index in [1.54, 1.807) is 0 Å². The summed E-state index contributed by atoms with van der Waals surface area (Å²) in [6, 6.07) is 26.0. The van der Waals surface area contributed by atoms with Gasteiger partial charge in [0.25, 0.3) is 0 Å². The molecule has 0 bridgehead atoms. The summed E-state index contributed by atoms with van der Waals surface area (Å²) in [7, 11) is 0. The largest absolute Gasteiger partial charge is 0.378 e. The molecule has 2 heterocycles. The van der Waals surface area contributed by atoms with Crippen molar-refractivity contribution in [3.05, 3.63) is 95.8 Å². The molecule has 0 atom stereocenters. The lowest BCUT2D eigenvalue weighted by molar-refractivity contribution is 0.112. The third kappa shape index (κ3) is 3.40. The molecule has 5 nitrogen and oxygen atoms in total. The van der Waals surface area contributed by atoms with Crippen molar-refractivity contribution in [3.63, 3.8) is 0 Å². The lowest BCUT2D eigenvalue weighted by Gasteiger charge is -2.30. The second-order valence-electron chi connectivity index (χ2n) is 7.89. The van der Waals surface area contributed by atoms with Crippen molar-refractivity contribution in [2.45, 2.75) is 19.1 Å². The Morgan fingerprint density at radius 2 is 1.52 bits per heavy atom. The van der Waals surface area contributed by atoms with Crippen molar-refractivity contribution < 1.29 is 9.84 Å². The topological polar surface area (TPSA) is 50.5 Å². The minimum absolute atomic E-state index is 0.640. The number of hydrogen-bond acceptors (Lipinski definition) is 4. The SMILES string of the molecule is CCn1c(C(O)(c2ccccc2)c2ccccc2)nc2ccc(N3CCOCC3)cc21. The first-order valence-electron chi connectivity index (χ1n) is 10.9. The molecular weight excluding hydrogens is 386 g/mol. The molecule has 0 saturated carbocycles. The zero-order valence-corrected chi connectivity index (χ0v) is 17.7. The molecule has 5 heteroatoms. The van der Waals surface area contributed by atoms with Crippen molar-refractivity contribution in [1.82, 2.24) is 9.55 Å². The van der Waals surface area contributed by atoms with E-state index < -0.39 is 5.60 Å². The van der Waals surface area contributed by atoms with Crippen LogP contribution in [0.3, 0.4) is 0 Å². The smallest absolute Gasteiger partial charge is 0.173 e. The second-order valence-corrected chi connectivity index (χ2v) is 7.89. The van der Waals surface area contributed by atoms with Crippen LogP contribution in [0.15, 0.2) is 78.9 Å². The standard InChI is InChI=1S/C26H27N3O2/c1-2-29-24-19-22(28-15-17-31-18-16-28)13-14-23(24)27-25(29)26(30,20-9-5-3-6-10-20)21-11-7-4-8-12-21/h3-14,19,30H,2,15-18H2,1H3. The van der Waals surface area contributed by atoms with Crippen LogP contribution in [-0.4, -0.2) is 41.0 Å². The van der Waals surface area contributed by atoms with Gasteiger partial charge in [0.15, 0.2) is 11.4 Å². The number of aromatic nitrogens is 2. The van der Waals surface area contributed by atoms with Crippen molar-refractivity contribution in [1.29, 1.82) is 0 Å². The number of morpholine rings is 1. The number of fused-ring (bicyclic) bond motifs is 1. The van der Waals surface area contributed by atoms with E-state index in [9.17, 15) is 5.11 Å². The lowest BCUT2D eigenvalue weighted by atomic mass is 9.85. The summed E-state index contributed by atoms with van der Waals surface area (Å²) in [6.07, 6.45) is 0. The first-order valence-corrected chi connectivity index (χ1v) is 10.9. The first kappa shape index (κ1) is 19.8. The molecule has 0 radical (unpaired) electrons.